The van der Waals surface area contributed by atoms with E-state index in [1.54, 1.807) is 6.08 Å². The van der Waals surface area contributed by atoms with Crippen molar-refractivity contribution in [3.05, 3.63) is 205 Å². The molecule has 1 heterocycles. The molecule has 0 amide bonds. The van der Waals surface area contributed by atoms with Crippen molar-refractivity contribution >= 4 is 57.6 Å². The van der Waals surface area contributed by atoms with E-state index < -0.39 is 48.2 Å². The fourth-order valence-corrected chi connectivity index (χ4v) is 23.1. The Kier molecular flexibility index (Phi) is 24.1. The van der Waals surface area contributed by atoms with Gasteiger partial charge < -0.3 is 27.5 Å². The number of benzene rings is 4. The summed E-state index contributed by atoms with van der Waals surface area (Å²) in [6.07, 6.45) is 19.7. The SMILES string of the molecule is C=CCOC(=O)/C(C)=C/[C@@H](C)C[C@H](C)[C@@H](/C=C/C=C/C(C)=C/C[C@H](O[Si](C)(C)C(C)(C)C)/C(C)=C/[C@@H]1C=C(CO[Si](c2ccccc2)(c2ccccc2)C(C)(C)C)[C@H](C)C[C@]12O[C@@H](C(C)(C)C)OC2=O)O[Si](c1ccccc1)(c1ccccc1)C(C)(C)C. The molecule has 1 aliphatic heterocycles. The average molecular weight is 1250 g/mol. The summed E-state index contributed by atoms with van der Waals surface area (Å²) in [4.78, 5) is 27.5. The van der Waals surface area contributed by atoms with Crippen molar-refractivity contribution in [1.29, 1.82) is 0 Å². The van der Waals surface area contributed by atoms with E-state index in [1.807, 2.05) is 13.0 Å². The molecule has 6 rings (SSSR count). The average Bonchev–Trinajstić information content (AvgIpc) is 1.52. The molecule has 88 heavy (non-hydrogen) atoms. The molecule has 0 bridgehead atoms. The summed E-state index contributed by atoms with van der Waals surface area (Å²) in [6, 6.07) is 43.1. The highest BCUT2D eigenvalue weighted by Gasteiger charge is 2.60. The van der Waals surface area contributed by atoms with Gasteiger partial charge in [0, 0.05) is 16.9 Å². The van der Waals surface area contributed by atoms with E-state index in [2.05, 4.69) is 301 Å². The number of esters is 2. The third-order valence-electron chi connectivity index (χ3n) is 18.5. The molecule has 0 radical (unpaired) electrons. The molecule has 4 aromatic carbocycles. The van der Waals surface area contributed by atoms with E-state index in [9.17, 15) is 9.59 Å². The lowest BCUT2D eigenvalue weighted by atomic mass is 9.71. The first kappa shape index (κ1) is 71.6. The molecule has 8 nitrogen and oxygen atoms in total. The molecule has 0 aromatic heterocycles. The molecule has 476 valence electrons. The predicted octanol–water partition coefficient (Wildman–Crippen LogP) is 16.9. The minimum atomic E-state index is -2.98. The maximum absolute atomic E-state index is 14.7. The molecule has 1 fully saturated rings. The second kappa shape index (κ2) is 29.6. The van der Waals surface area contributed by atoms with Gasteiger partial charge >= 0.3 is 11.9 Å². The van der Waals surface area contributed by atoms with E-state index in [0.717, 1.165) is 23.1 Å². The first-order chi connectivity index (χ1) is 41.1. The van der Waals surface area contributed by atoms with Gasteiger partial charge in [-0.15, -0.1) is 0 Å². The van der Waals surface area contributed by atoms with Crippen molar-refractivity contribution in [2.75, 3.05) is 13.2 Å². The maximum atomic E-state index is 14.7. The molecule has 0 N–H and O–H groups in total. The Morgan fingerprint density at radius 3 is 1.67 bits per heavy atom. The number of carbonyl (C=O) groups excluding carboxylic acids is 2. The highest BCUT2D eigenvalue weighted by atomic mass is 28.4. The van der Waals surface area contributed by atoms with Crippen LogP contribution in [0.2, 0.25) is 28.2 Å². The van der Waals surface area contributed by atoms with Gasteiger partial charge in [-0.25, -0.2) is 9.59 Å². The molecule has 2 aliphatic rings. The summed E-state index contributed by atoms with van der Waals surface area (Å²) in [5.41, 5.74) is 2.21. The lowest BCUT2D eigenvalue weighted by Crippen LogP contribution is -2.68. The Morgan fingerprint density at radius 1 is 0.716 bits per heavy atom. The second-order valence-electron chi connectivity index (χ2n) is 29.8. The molecule has 1 spiro atoms. The van der Waals surface area contributed by atoms with Gasteiger partial charge in [0.2, 0.25) is 6.29 Å². The number of carbonyl (C=O) groups is 2. The predicted molar refractivity (Wildman–Crippen MR) is 375 cm³/mol. The summed E-state index contributed by atoms with van der Waals surface area (Å²) in [5.74, 6) is -0.990. The van der Waals surface area contributed by atoms with Crippen LogP contribution in [0.25, 0.3) is 0 Å². The number of hydrogen-bond donors (Lipinski definition) is 0. The van der Waals surface area contributed by atoms with Gasteiger partial charge in [0.25, 0.3) is 16.6 Å². The minimum absolute atomic E-state index is 0.0315. The maximum Gasteiger partial charge on any atom is 0.341 e. The van der Waals surface area contributed by atoms with Crippen molar-refractivity contribution in [2.45, 2.75) is 196 Å². The van der Waals surface area contributed by atoms with Crippen molar-refractivity contribution in [1.82, 2.24) is 0 Å². The molecule has 0 saturated carbocycles. The van der Waals surface area contributed by atoms with Crippen LogP contribution in [-0.2, 0) is 37.1 Å². The van der Waals surface area contributed by atoms with Crippen LogP contribution in [0.4, 0.5) is 0 Å². The minimum Gasteiger partial charge on any atom is -0.458 e. The highest BCUT2D eigenvalue weighted by Crippen LogP contribution is 2.49. The van der Waals surface area contributed by atoms with E-state index in [4.69, 9.17) is 27.5 Å². The highest BCUT2D eigenvalue weighted by molar-refractivity contribution is 7.00. The molecule has 4 aromatic rings. The van der Waals surface area contributed by atoms with Gasteiger partial charge in [0.05, 0.1) is 18.8 Å². The number of rotatable bonds is 25. The summed E-state index contributed by atoms with van der Waals surface area (Å²) in [6.45, 7) is 48.6. The molecular formula is C77H108O8Si3. The van der Waals surface area contributed by atoms with E-state index >= 15 is 0 Å². The van der Waals surface area contributed by atoms with Gasteiger partial charge in [-0.3, -0.25) is 0 Å². The van der Waals surface area contributed by atoms with Gasteiger partial charge in [0.15, 0.2) is 13.9 Å². The zero-order valence-electron chi connectivity index (χ0n) is 57.3. The van der Waals surface area contributed by atoms with Crippen LogP contribution in [0.3, 0.4) is 0 Å². The standard InChI is InChI=1S/C77H108O8Si3/c1-22-49-80-70(78)60(6)51-57(3)50-58(4)68(85-88(76(17,18)19,66-42-31-25-32-43-66)67-44-33-26-34-45-67)46-36-35-37-56(2)47-48-69(84-86(20,21)74(11,12)13)59(5)52-63-53-62(61(7)54-77(63)71(79)82-72(83-77)73(8,9)10)55-81-87(75(14,15)16,64-38-27-23-28-39-64)65-40-29-24-30-41-65/h22-47,51-53,57-58,61,63,68-69,72H,1,48-50,54-55H2,2-21H3/b37-35+,46-36+,56-47+,59-52+,60-51+/t57-,58-,61+,63+,68+,69-,72-,77-/m0/s1. The summed E-state index contributed by atoms with van der Waals surface area (Å²) in [5, 5.41) is 4.38. The Hall–Kier alpha value is -5.51. The normalized spacial score (nSPS) is 21.1. The second-order valence-corrected chi connectivity index (χ2v) is 43.1. The summed E-state index contributed by atoms with van der Waals surface area (Å²) in [7, 11) is -8.25. The zero-order chi connectivity index (χ0) is 65.1. The topological polar surface area (TPSA) is 89.5 Å². The van der Waals surface area contributed by atoms with Gasteiger partial charge in [0.1, 0.15) is 6.61 Å². The fourth-order valence-electron chi connectivity index (χ4n) is 12.5. The van der Waals surface area contributed by atoms with Crippen LogP contribution in [0, 0.1) is 29.1 Å². The van der Waals surface area contributed by atoms with Crippen LogP contribution in [0.15, 0.2) is 205 Å². The fraction of sp³-hybridized carbons (Fsp3) is 0.481. The van der Waals surface area contributed by atoms with Crippen LogP contribution in [-0.4, -0.2) is 74.2 Å². The molecule has 1 aliphatic carbocycles. The number of ether oxygens (including phenoxy) is 3. The van der Waals surface area contributed by atoms with E-state index in [1.165, 1.54) is 20.7 Å². The number of cyclic esters (lactones) is 1. The quantitative estimate of drug-likeness (QED) is 0.0213. The smallest absolute Gasteiger partial charge is 0.341 e. The molecular weight excluding hydrogens is 1140 g/mol. The third-order valence-corrected chi connectivity index (χ3v) is 33.0. The first-order valence-electron chi connectivity index (χ1n) is 32.1. The summed E-state index contributed by atoms with van der Waals surface area (Å²) >= 11 is 0. The van der Waals surface area contributed by atoms with Crippen LogP contribution >= 0.6 is 0 Å². The summed E-state index contributed by atoms with van der Waals surface area (Å²) < 4.78 is 41.6. The third kappa shape index (κ3) is 16.9. The molecule has 8 atom stereocenters. The van der Waals surface area contributed by atoms with Crippen LogP contribution < -0.4 is 20.7 Å². The lowest BCUT2D eigenvalue weighted by molar-refractivity contribution is -0.158. The number of hydrogen-bond acceptors (Lipinski definition) is 8. The van der Waals surface area contributed by atoms with Gasteiger partial charge in [-0.1, -0.05) is 292 Å². The van der Waals surface area contributed by atoms with Gasteiger partial charge in [-0.05, 0) is 118 Å². The molecule has 1 saturated heterocycles. The van der Waals surface area contributed by atoms with E-state index in [-0.39, 0.29) is 63.6 Å². The number of allylic oxidation sites excluding steroid dienone is 5. The van der Waals surface area contributed by atoms with Gasteiger partial charge in [-0.2, -0.15) is 0 Å². The monoisotopic (exact) mass is 1240 g/mol. The van der Waals surface area contributed by atoms with Crippen molar-refractivity contribution < 1.29 is 37.1 Å². The Labute approximate surface area is 535 Å². The van der Waals surface area contributed by atoms with Crippen LogP contribution in [0.1, 0.15) is 144 Å². The zero-order valence-corrected chi connectivity index (χ0v) is 60.3. The Morgan fingerprint density at radius 2 is 1.22 bits per heavy atom. The molecule has 11 heteroatoms. The molecule has 0 unspecified atom stereocenters. The van der Waals surface area contributed by atoms with Crippen molar-refractivity contribution in [2.24, 2.45) is 29.1 Å². The van der Waals surface area contributed by atoms with Crippen molar-refractivity contribution in [3.63, 3.8) is 0 Å². The van der Waals surface area contributed by atoms with E-state index in [0.29, 0.717) is 25.0 Å². The first-order valence-corrected chi connectivity index (χ1v) is 38.8. The van der Waals surface area contributed by atoms with Crippen LogP contribution in [0.5, 0.6) is 0 Å². The largest absolute Gasteiger partial charge is 0.458 e. The Bertz CT molecular complexity index is 3050. The lowest BCUT2D eigenvalue weighted by Gasteiger charge is -2.46. The Balaban J connectivity index is 1.39. The van der Waals surface area contributed by atoms with Crippen molar-refractivity contribution in [3.8, 4) is 0 Å².